The number of rotatable bonds is 6. The van der Waals surface area contributed by atoms with Crippen molar-refractivity contribution in [3.63, 3.8) is 0 Å². The van der Waals surface area contributed by atoms with Crippen LogP contribution in [0.4, 0.5) is 16.2 Å². The Morgan fingerprint density at radius 3 is 2.38 bits per heavy atom. The number of hydrogen-bond donors (Lipinski definition) is 2. The third kappa shape index (κ3) is 4.30. The topological polar surface area (TPSA) is 95.7 Å². The zero-order valence-electron chi connectivity index (χ0n) is 13.3. The molecular formula is C17H19N3O4. The largest absolute Gasteiger partial charge is 0.396 e. The lowest BCUT2D eigenvalue weighted by molar-refractivity contribution is -0.384. The van der Waals surface area contributed by atoms with Gasteiger partial charge >= 0.3 is 6.03 Å². The Bertz CT molecular complexity index is 689. The summed E-state index contributed by atoms with van der Waals surface area (Å²) >= 11 is 0. The van der Waals surface area contributed by atoms with Gasteiger partial charge in [-0.25, -0.2) is 4.79 Å². The molecule has 0 radical (unpaired) electrons. The van der Waals surface area contributed by atoms with E-state index in [0.29, 0.717) is 12.1 Å². The van der Waals surface area contributed by atoms with E-state index in [9.17, 15) is 20.0 Å². The molecule has 2 rings (SSSR count). The molecule has 2 aromatic carbocycles. The number of carbonyl (C=O) groups is 1. The number of amides is 2. The van der Waals surface area contributed by atoms with Gasteiger partial charge in [-0.05, 0) is 24.1 Å². The van der Waals surface area contributed by atoms with Gasteiger partial charge in [-0.3, -0.25) is 10.1 Å². The average molecular weight is 329 g/mol. The summed E-state index contributed by atoms with van der Waals surface area (Å²) in [4.78, 5) is 24.1. The van der Waals surface area contributed by atoms with E-state index in [1.54, 1.807) is 7.05 Å². The van der Waals surface area contributed by atoms with Gasteiger partial charge in [0.1, 0.15) is 0 Å². The standard InChI is InChI=1S/C17H19N3O4/c1-19(16(11-12-21)13-5-3-2-4-6-13)17(22)18-14-7-9-15(10-8-14)20(23)24/h2-10,16,21H,11-12H2,1H3,(H,18,22)/t16-/m1/s1. The maximum atomic E-state index is 12.4. The molecule has 24 heavy (non-hydrogen) atoms. The number of nitro groups is 1. The van der Waals surface area contributed by atoms with E-state index < -0.39 is 4.92 Å². The molecule has 0 unspecified atom stereocenters. The van der Waals surface area contributed by atoms with Crippen LogP contribution in [0.5, 0.6) is 0 Å². The lowest BCUT2D eigenvalue weighted by Crippen LogP contribution is -2.35. The van der Waals surface area contributed by atoms with Gasteiger partial charge in [-0.1, -0.05) is 30.3 Å². The van der Waals surface area contributed by atoms with Crippen LogP contribution < -0.4 is 5.32 Å². The van der Waals surface area contributed by atoms with Gasteiger partial charge in [0, 0.05) is 31.5 Å². The lowest BCUT2D eigenvalue weighted by Gasteiger charge is -2.28. The van der Waals surface area contributed by atoms with Crippen molar-refractivity contribution in [1.29, 1.82) is 0 Å². The first-order chi connectivity index (χ1) is 11.5. The minimum atomic E-state index is -0.496. The molecule has 0 aliphatic heterocycles. The monoisotopic (exact) mass is 329 g/mol. The zero-order chi connectivity index (χ0) is 17.5. The summed E-state index contributed by atoms with van der Waals surface area (Å²) in [7, 11) is 1.65. The first-order valence-corrected chi connectivity index (χ1v) is 7.47. The Morgan fingerprint density at radius 2 is 1.83 bits per heavy atom. The Hall–Kier alpha value is -2.93. The summed E-state index contributed by atoms with van der Waals surface area (Å²) in [5.41, 5.74) is 1.35. The van der Waals surface area contributed by atoms with Gasteiger partial charge in [-0.15, -0.1) is 0 Å². The fourth-order valence-corrected chi connectivity index (χ4v) is 2.40. The second-order valence-electron chi connectivity index (χ2n) is 5.28. The van der Waals surface area contributed by atoms with Gasteiger partial charge in [0.05, 0.1) is 11.0 Å². The van der Waals surface area contributed by atoms with Crippen LogP contribution in [0.3, 0.4) is 0 Å². The smallest absolute Gasteiger partial charge is 0.322 e. The highest BCUT2D eigenvalue weighted by molar-refractivity contribution is 5.89. The summed E-state index contributed by atoms with van der Waals surface area (Å²) in [6.07, 6.45) is 0.411. The number of aliphatic hydroxyl groups is 1. The molecular weight excluding hydrogens is 310 g/mol. The molecule has 0 saturated heterocycles. The molecule has 0 saturated carbocycles. The maximum Gasteiger partial charge on any atom is 0.322 e. The fraction of sp³-hybridized carbons (Fsp3) is 0.235. The molecule has 2 aromatic rings. The third-order valence-corrected chi connectivity index (χ3v) is 3.70. The normalized spacial score (nSPS) is 11.6. The number of benzene rings is 2. The van der Waals surface area contributed by atoms with Crippen LogP contribution in [-0.2, 0) is 0 Å². The Kier molecular flexibility index (Phi) is 5.86. The molecule has 126 valence electrons. The van der Waals surface area contributed by atoms with Gasteiger partial charge in [-0.2, -0.15) is 0 Å². The van der Waals surface area contributed by atoms with Gasteiger partial charge in [0.2, 0.25) is 0 Å². The quantitative estimate of drug-likeness (QED) is 0.628. The van der Waals surface area contributed by atoms with E-state index >= 15 is 0 Å². The second-order valence-corrected chi connectivity index (χ2v) is 5.28. The van der Waals surface area contributed by atoms with Crippen molar-refractivity contribution in [2.75, 3.05) is 19.0 Å². The van der Waals surface area contributed by atoms with E-state index in [1.807, 2.05) is 30.3 Å². The van der Waals surface area contributed by atoms with E-state index in [2.05, 4.69) is 5.32 Å². The predicted octanol–water partition coefficient (Wildman–Crippen LogP) is 3.18. The average Bonchev–Trinajstić information content (AvgIpc) is 2.60. The van der Waals surface area contributed by atoms with E-state index in [0.717, 1.165) is 5.56 Å². The Labute approximate surface area is 139 Å². The van der Waals surface area contributed by atoms with E-state index in [-0.39, 0.29) is 24.4 Å². The highest BCUT2D eigenvalue weighted by atomic mass is 16.6. The molecule has 2 N–H and O–H groups in total. The highest BCUT2D eigenvalue weighted by Gasteiger charge is 2.21. The van der Waals surface area contributed by atoms with Crippen LogP contribution in [0.15, 0.2) is 54.6 Å². The van der Waals surface area contributed by atoms with Crippen molar-refractivity contribution < 1.29 is 14.8 Å². The highest BCUT2D eigenvalue weighted by Crippen LogP contribution is 2.24. The van der Waals surface area contributed by atoms with Crippen molar-refractivity contribution in [2.24, 2.45) is 0 Å². The van der Waals surface area contributed by atoms with Crippen molar-refractivity contribution >= 4 is 17.4 Å². The molecule has 1 atom stereocenters. The summed E-state index contributed by atoms with van der Waals surface area (Å²) in [5.74, 6) is 0. The lowest BCUT2D eigenvalue weighted by atomic mass is 10.0. The van der Waals surface area contributed by atoms with Crippen molar-refractivity contribution in [3.8, 4) is 0 Å². The van der Waals surface area contributed by atoms with Crippen molar-refractivity contribution in [2.45, 2.75) is 12.5 Å². The molecule has 7 nitrogen and oxygen atoms in total. The van der Waals surface area contributed by atoms with Crippen LogP contribution in [0.1, 0.15) is 18.0 Å². The second kappa shape index (κ2) is 8.07. The number of nitro benzene ring substituents is 1. The zero-order valence-corrected chi connectivity index (χ0v) is 13.3. The van der Waals surface area contributed by atoms with Crippen LogP contribution >= 0.6 is 0 Å². The first-order valence-electron chi connectivity index (χ1n) is 7.47. The molecule has 7 heteroatoms. The van der Waals surface area contributed by atoms with Gasteiger partial charge < -0.3 is 15.3 Å². The minimum Gasteiger partial charge on any atom is -0.396 e. The number of non-ortho nitro benzene ring substituents is 1. The molecule has 0 heterocycles. The fourth-order valence-electron chi connectivity index (χ4n) is 2.40. The number of nitrogens with zero attached hydrogens (tertiary/aromatic N) is 2. The first kappa shape index (κ1) is 17.4. The number of nitrogens with one attached hydrogen (secondary N) is 1. The SMILES string of the molecule is CN(C(=O)Nc1ccc([N+](=O)[O-])cc1)[C@H](CCO)c1ccccc1. The molecule has 0 aromatic heterocycles. The van der Waals surface area contributed by atoms with Crippen LogP contribution in [-0.4, -0.2) is 34.6 Å². The summed E-state index contributed by atoms with van der Waals surface area (Å²) in [6, 6.07) is 14.4. The summed E-state index contributed by atoms with van der Waals surface area (Å²) < 4.78 is 0. The summed E-state index contributed by atoms with van der Waals surface area (Å²) in [6.45, 7) is -0.0469. The molecule has 0 aliphatic carbocycles. The van der Waals surface area contributed by atoms with Crippen LogP contribution in [0.2, 0.25) is 0 Å². The van der Waals surface area contributed by atoms with Crippen LogP contribution in [0.25, 0.3) is 0 Å². The number of hydrogen-bond acceptors (Lipinski definition) is 4. The molecule has 0 fully saturated rings. The van der Waals surface area contributed by atoms with Crippen LogP contribution in [0, 0.1) is 10.1 Å². The number of carbonyl (C=O) groups excluding carboxylic acids is 1. The molecule has 0 spiro atoms. The van der Waals surface area contributed by atoms with Crippen molar-refractivity contribution in [1.82, 2.24) is 4.90 Å². The number of aliphatic hydroxyl groups excluding tert-OH is 1. The molecule has 0 bridgehead atoms. The van der Waals surface area contributed by atoms with Crippen molar-refractivity contribution in [3.05, 3.63) is 70.3 Å². The number of urea groups is 1. The Morgan fingerprint density at radius 1 is 1.21 bits per heavy atom. The maximum absolute atomic E-state index is 12.4. The molecule has 2 amide bonds. The van der Waals surface area contributed by atoms with E-state index in [1.165, 1.54) is 29.2 Å². The van der Waals surface area contributed by atoms with E-state index in [4.69, 9.17) is 0 Å². The Balaban J connectivity index is 2.10. The third-order valence-electron chi connectivity index (χ3n) is 3.70. The minimum absolute atomic E-state index is 0.0382. The predicted molar refractivity (Wildman–Crippen MR) is 90.8 cm³/mol. The summed E-state index contributed by atoms with van der Waals surface area (Å²) in [5, 5.41) is 22.6. The number of anilines is 1. The van der Waals surface area contributed by atoms with Gasteiger partial charge in [0.15, 0.2) is 0 Å². The molecule has 0 aliphatic rings. The van der Waals surface area contributed by atoms with Gasteiger partial charge in [0.25, 0.3) is 5.69 Å².